The van der Waals surface area contributed by atoms with Crippen molar-refractivity contribution in [3.63, 3.8) is 0 Å². The van der Waals surface area contributed by atoms with Crippen molar-refractivity contribution in [3.8, 4) is 0 Å². The molecule has 0 bridgehead atoms. The van der Waals surface area contributed by atoms with Crippen LogP contribution >= 0.6 is 11.3 Å². The van der Waals surface area contributed by atoms with Gasteiger partial charge in [-0.3, -0.25) is 0 Å². The zero-order valence-corrected chi connectivity index (χ0v) is 14.3. The number of nitrogens with one attached hydrogen (secondary N) is 1. The van der Waals surface area contributed by atoms with Gasteiger partial charge in [0.2, 0.25) is 0 Å². The summed E-state index contributed by atoms with van der Waals surface area (Å²) in [6, 6.07) is 1.20. The van der Waals surface area contributed by atoms with Crippen LogP contribution in [0.25, 0.3) is 0 Å². The molecule has 0 amide bonds. The van der Waals surface area contributed by atoms with Crippen LogP contribution in [0.1, 0.15) is 69.7 Å². The Bertz CT molecular complexity index is 439. The molecule has 4 heteroatoms. The smallest absolute Gasteiger partial charge is 0.185 e. The molecule has 118 valence electrons. The van der Waals surface area contributed by atoms with Crippen LogP contribution in [0.4, 0.5) is 5.13 Å². The van der Waals surface area contributed by atoms with Crippen LogP contribution in [-0.4, -0.2) is 24.1 Å². The summed E-state index contributed by atoms with van der Waals surface area (Å²) >= 11 is 1.90. The summed E-state index contributed by atoms with van der Waals surface area (Å²) in [4.78, 5) is 8.76. The van der Waals surface area contributed by atoms with Gasteiger partial charge in [0.05, 0.1) is 0 Å². The lowest BCUT2D eigenvalue weighted by atomic mass is 9.96. The lowest BCUT2D eigenvalue weighted by molar-refractivity contribution is 0.430. The summed E-state index contributed by atoms with van der Waals surface area (Å²) in [7, 11) is 0. The Labute approximate surface area is 133 Å². The van der Waals surface area contributed by atoms with Gasteiger partial charge in [0, 0.05) is 29.7 Å². The highest BCUT2D eigenvalue weighted by Gasteiger charge is 2.34. The quantitative estimate of drug-likeness (QED) is 0.846. The van der Waals surface area contributed by atoms with Gasteiger partial charge in [-0.15, -0.1) is 11.3 Å². The fraction of sp³-hybridized carbons (Fsp3) is 0.824. The molecule has 2 unspecified atom stereocenters. The average molecular weight is 308 g/mol. The minimum atomic E-state index is 0.434. The Kier molecular flexibility index (Phi) is 5.17. The number of anilines is 1. The van der Waals surface area contributed by atoms with Gasteiger partial charge in [-0.05, 0) is 51.5 Å². The summed E-state index contributed by atoms with van der Waals surface area (Å²) in [5.41, 5.74) is 0. The van der Waals surface area contributed by atoms with Gasteiger partial charge in [0.15, 0.2) is 5.13 Å². The van der Waals surface area contributed by atoms with E-state index in [2.05, 4.69) is 30.3 Å². The molecular weight excluding hydrogens is 278 g/mol. The van der Waals surface area contributed by atoms with E-state index < -0.39 is 0 Å². The van der Waals surface area contributed by atoms with Gasteiger partial charge in [-0.1, -0.05) is 19.8 Å². The molecule has 1 aliphatic carbocycles. The van der Waals surface area contributed by atoms with Crippen molar-refractivity contribution in [2.75, 3.05) is 18.0 Å². The number of rotatable bonds is 6. The number of hydrogen-bond acceptors (Lipinski definition) is 4. The maximum atomic E-state index is 4.75. The maximum Gasteiger partial charge on any atom is 0.185 e. The number of nitrogens with zero attached hydrogens (tertiary/aromatic N) is 2. The minimum Gasteiger partial charge on any atom is -0.345 e. The van der Waals surface area contributed by atoms with Gasteiger partial charge in [-0.2, -0.15) is 0 Å². The molecular formula is C17H29N3S. The van der Waals surface area contributed by atoms with E-state index in [0.29, 0.717) is 6.04 Å². The van der Waals surface area contributed by atoms with Crippen LogP contribution in [-0.2, 0) is 0 Å². The van der Waals surface area contributed by atoms with Gasteiger partial charge < -0.3 is 10.2 Å². The number of aromatic nitrogens is 1. The molecule has 2 fully saturated rings. The van der Waals surface area contributed by atoms with E-state index in [1.54, 1.807) is 0 Å². The highest BCUT2D eigenvalue weighted by atomic mass is 32.1. The Balaban J connectivity index is 1.67. The Morgan fingerprint density at radius 2 is 2.14 bits per heavy atom. The van der Waals surface area contributed by atoms with Crippen LogP contribution in [0.5, 0.6) is 0 Å². The standard InChI is InChI=1S/C17H29N3S/c1-3-10-18-13(2)16-12-19-17(21-16)20-11-6-9-15(20)14-7-4-5-8-14/h12-15,18H,3-11H2,1-2H3. The van der Waals surface area contributed by atoms with Crippen molar-refractivity contribution in [3.05, 3.63) is 11.1 Å². The van der Waals surface area contributed by atoms with Crippen molar-refractivity contribution < 1.29 is 0 Å². The van der Waals surface area contributed by atoms with E-state index in [0.717, 1.165) is 18.5 Å². The molecule has 1 saturated carbocycles. The maximum absolute atomic E-state index is 4.75. The van der Waals surface area contributed by atoms with Crippen LogP contribution < -0.4 is 10.2 Å². The first-order valence-corrected chi connectivity index (χ1v) is 9.57. The third-order valence-electron chi connectivity index (χ3n) is 5.13. The molecule has 1 aromatic heterocycles. The summed E-state index contributed by atoms with van der Waals surface area (Å²) in [5, 5.41) is 4.84. The van der Waals surface area contributed by atoms with Gasteiger partial charge in [0.25, 0.3) is 0 Å². The highest BCUT2D eigenvalue weighted by molar-refractivity contribution is 7.15. The zero-order chi connectivity index (χ0) is 14.7. The summed E-state index contributed by atoms with van der Waals surface area (Å²) in [6.45, 7) is 6.77. The van der Waals surface area contributed by atoms with E-state index in [9.17, 15) is 0 Å². The third-order valence-corrected chi connectivity index (χ3v) is 6.34. The van der Waals surface area contributed by atoms with E-state index in [-0.39, 0.29) is 0 Å². The first-order chi connectivity index (χ1) is 10.3. The second-order valence-corrected chi connectivity index (χ2v) is 7.71. The normalized spacial score (nSPS) is 24.9. The molecule has 0 spiro atoms. The highest BCUT2D eigenvalue weighted by Crippen LogP contribution is 2.39. The molecule has 1 aliphatic heterocycles. The van der Waals surface area contributed by atoms with Gasteiger partial charge in [0.1, 0.15) is 0 Å². The van der Waals surface area contributed by atoms with Gasteiger partial charge in [-0.25, -0.2) is 4.98 Å². The van der Waals surface area contributed by atoms with Crippen molar-refractivity contribution in [1.29, 1.82) is 0 Å². The van der Waals surface area contributed by atoms with E-state index in [4.69, 9.17) is 4.98 Å². The molecule has 2 aliphatic rings. The fourth-order valence-electron chi connectivity index (χ4n) is 3.93. The largest absolute Gasteiger partial charge is 0.345 e. The molecule has 1 saturated heterocycles. The molecule has 0 radical (unpaired) electrons. The summed E-state index contributed by atoms with van der Waals surface area (Å²) in [6.07, 6.45) is 11.8. The minimum absolute atomic E-state index is 0.434. The van der Waals surface area contributed by atoms with Crippen molar-refractivity contribution in [2.24, 2.45) is 5.92 Å². The predicted octanol–water partition coefficient (Wildman–Crippen LogP) is 4.36. The molecule has 3 nitrogen and oxygen atoms in total. The second kappa shape index (κ2) is 7.10. The van der Waals surface area contributed by atoms with E-state index in [1.807, 2.05) is 11.3 Å². The predicted molar refractivity (Wildman–Crippen MR) is 91.1 cm³/mol. The summed E-state index contributed by atoms with van der Waals surface area (Å²) < 4.78 is 0. The SMILES string of the molecule is CCCNC(C)c1cnc(N2CCCC2C2CCCC2)s1. The van der Waals surface area contributed by atoms with Crippen LogP contribution in [0, 0.1) is 5.92 Å². The van der Waals surface area contributed by atoms with Crippen LogP contribution in [0.2, 0.25) is 0 Å². The molecule has 21 heavy (non-hydrogen) atoms. The fourth-order valence-corrected chi connectivity index (χ4v) is 4.96. The molecule has 0 aromatic carbocycles. The lowest BCUT2D eigenvalue weighted by Crippen LogP contribution is -2.34. The first-order valence-electron chi connectivity index (χ1n) is 8.75. The Morgan fingerprint density at radius 1 is 1.33 bits per heavy atom. The zero-order valence-electron chi connectivity index (χ0n) is 13.5. The Morgan fingerprint density at radius 3 is 2.90 bits per heavy atom. The molecule has 2 atom stereocenters. The first kappa shape index (κ1) is 15.3. The van der Waals surface area contributed by atoms with Crippen molar-refractivity contribution in [2.45, 2.75) is 70.9 Å². The van der Waals surface area contributed by atoms with E-state index in [1.165, 1.54) is 61.5 Å². The second-order valence-electron chi connectivity index (χ2n) is 6.67. The van der Waals surface area contributed by atoms with Crippen molar-refractivity contribution in [1.82, 2.24) is 10.3 Å². The monoisotopic (exact) mass is 307 g/mol. The molecule has 1 N–H and O–H groups in total. The van der Waals surface area contributed by atoms with Crippen LogP contribution in [0.15, 0.2) is 6.20 Å². The van der Waals surface area contributed by atoms with E-state index >= 15 is 0 Å². The van der Waals surface area contributed by atoms with Crippen molar-refractivity contribution >= 4 is 16.5 Å². The lowest BCUT2D eigenvalue weighted by Gasteiger charge is -2.29. The third kappa shape index (κ3) is 3.42. The van der Waals surface area contributed by atoms with Crippen LogP contribution in [0.3, 0.4) is 0 Å². The molecule has 3 rings (SSSR count). The Hall–Kier alpha value is -0.610. The number of hydrogen-bond donors (Lipinski definition) is 1. The molecule has 2 heterocycles. The average Bonchev–Trinajstić information content (AvgIpc) is 3.23. The van der Waals surface area contributed by atoms with Gasteiger partial charge >= 0.3 is 0 Å². The molecule has 1 aromatic rings. The number of thiazole rings is 1. The summed E-state index contributed by atoms with van der Waals surface area (Å²) in [5.74, 6) is 0.926. The topological polar surface area (TPSA) is 28.2 Å².